The zero-order valence-corrected chi connectivity index (χ0v) is 20.1. The van der Waals surface area contributed by atoms with Crippen molar-refractivity contribution in [1.29, 1.82) is 5.26 Å². The molecule has 174 valence electrons. The quantitative estimate of drug-likeness (QED) is 0.240. The SMILES string of the molecule is N#Cc1nc2ccccc2nc1-n1c2ccccc2c2cc3c4ccccc4n4c5ccccc5c(c21)c34. The molecule has 9 aromatic rings. The molecule has 0 saturated carbocycles. The molecule has 0 atom stereocenters. The van der Waals surface area contributed by atoms with Gasteiger partial charge in [-0.1, -0.05) is 66.7 Å². The third-order valence-electron chi connectivity index (χ3n) is 7.87. The number of nitrogens with zero attached hydrogens (tertiary/aromatic N) is 5. The van der Waals surface area contributed by atoms with E-state index >= 15 is 0 Å². The van der Waals surface area contributed by atoms with Crippen LogP contribution in [0.1, 0.15) is 5.69 Å². The normalized spacial score (nSPS) is 12.2. The minimum atomic E-state index is 0.311. The summed E-state index contributed by atoms with van der Waals surface area (Å²) >= 11 is 0. The number of benzene rings is 5. The summed E-state index contributed by atoms with van der Waals surface area (Å²) in [5.41, 5.74) is 7.40. The molecule has 0 aliphatic heterocycles. The fraction of sp³-hybridized carbons (Fsp3) is 0. The average Bonchev–Trinajstić information content (AvgIpc) is 3.61. The highest BCUT2D eigenvalue weighted by Crippen LogP contribution is 2.46. The molecule has 0 radical (unpaired) electrons. The molecule has 0 amide bonds. The molecule has 0 unspecified atom stereocenters. The summed E-state index contributed by atoms with van der Waals surface area (Å²) in [6.45, 7) is 0. The minimum absolute atomic E-state index is 0.311. The van der Waals surface area contributed by atoms with E-state index in [1.165, 1.54) is 38.1 Å². The summed E-state index contributed by atoms with van der Waals surface area (Å²) in [6, 6.07) is 38.0. The highest BCUT2D eigenvalue weighted by Gasteiger charge is 2.25. The predicted octanol–water partition coefficient (Wildman–Crippen LogP) is 7.75. The Morgan fingerprint density at radius 2 is 1.11 bits per heavy atom. The van der Waals surface area contributed by atoms with Crippen molar-refractivity contribution in [3.05, 3.63) is 109 Å². The van der Waals surface area contributed by atoms with Crippen molar-refractivity contribution < 1.29 is 0 Å². The van der Waals surface area contributed by atoms with Crippen LogP contribution in [-0.4, -0.2) is 18.9 Å². The molecule has 0 fully saturated rings. The third-order valence-corrected chi connectivity index (χ3v) is 7.87. The van der Waals surface area contributed by atoms with Crippen LogP contribution in [0.3, 0.4) is 0 Å². The first-order chi connectivity index (χ1) is 18.8. The van der Waals surface area contributed by atoms with Gasteiger partial charge in [-0.3, -0.25) is 4.57 Å². The van der Waals surface area contributed by atoms with Crippen molar-refractivity contribution in [3.63, 3.8) is 0 Å². The fourth-order valence-corrected chi connectivity index (χ4v) is 6.40. The lowest BCUT2D eigenvalue weighted by Gasteiger charge is -2.10. The Balaban J connectivity index is 1.62. The molecule has 0 N–H and O–H groups in total. The van der Waals surface area contributed by atoms with Crippen molar-refractivity contribution in [2.75, 3.05) is 0 Å². The first-order valence-electron chi connectivity index (χ1n) is 12.6. The van der Waals surface area contributed by atoms with Gasteiger partial charge in [0.25, 0.3) is 0 Å². The standard InChI is InChI=1S/C33H17N5/c34-18-26-33(36-25-13-5-4-12-24(25)35-26)38-28-15-7-2-10-20(28)23-17-22-19-9-1-6-14-27(19)37-29-16-8-3-11-21(29)30(31(22)37)32(23)38/h1-17H. The van der Waals surface area contributed by atoms with Crippen molar-refractivity contribution in [2.24, 2.45) is 0 Å². The van der Waals surface area contributed by atoms with E-state index in [1.54, 1.807) is 0 Å². The van der Waals surface area contributed by atoms with Gasteiger partial charge in [-0.2, -0.15) is 5.26 Å². The molecule has 0 bridgehead atoms. The van der Waals surface area contributed by atoms with Crippen molar-refractivity contribution in [2.45, 2.75) is 0 Å². The Morgan fingerprint density at radius 1 is 0.553 bits per heavy atom. The molecule has 9 rings (SSSR count). The first-order valence-corrected chi connectivity index (χ1v) is 12.6. The van der Waals surface area contributed by atoms with Crippen LogP contribution < -0.4 is 0 Å². The van der Waals surface area contributed by atoms with E-state index < -0.39 is 0 Å². The smallest absolute Gasteiger partial charge is 0.184 e. The number of nitriles is 1. The van der Waals surface area contributed by atoms with Gasteiger partial charge in [0.1, 0.15) is 6.07 Å². The lowest BCUT2D eigenvalue weighted by atomic mass is 10.0. The van der Waals surface area contributed by atoms with Gasteiger partial charge >= 0.3 is 0 Å². The number of hydrogen-bond donors (Lipinski definition) is 0. The zero-order valence-electron chi connectivity index (χ0n) is 20.1. The summed E-state index contributed by atoms with van der Waals surface area (Å²) < 4.78 is 4.54. The number of rotatable bonds is 1. The number of aromatic nitrogens is 4. The third kappa shape index (κ3) is 2.26. The highest BCUT2D eigenvalue weighted by molar-refractivity contribution is 6.34. The molecule has 0 aliphatic carbocycles. The average molecular weight is 484 g/mol. The molecule has 5 nitrogen and oxygen atoms in total. The Kier molecular flexibility index (Phi) is 3.55. The maximum Gasteiger partial charge on any atom is 0.184 e. The summed E-state index contributed by atoms with van der Waals surface area (Å²) in [5, 5.41) is 17.3. The van der Waals surface area contributed by atoms with Crippen molar-refractivity contribution >= 4 is 70.9 Å². The van der Waals surface area contributed by atoms with E-state index in [1.807, 2.05) is 30.3 Å². The van der Waals surface area contributed by atoms with Crippen LogP contribution >= 0.6 is 0 Å². The molecule has 5 aromatic carbocycles. The topological polar surface area (TPSA) is 58.9 Å². The Morgan fingerprint density at radius 3 is 1.84 bits per heavy atom. The van der Waals surface area contributed by atoms with Gasteiger partial charge < -0.3 is 4.40 Å². The van der Waals surface area contributed by atoms with Gasteiger partial charge in [-0.05, 0) is 36.4 Å². The predicted molar refractivity (Wildman–Crippen MR) is 153 cm³/mol. The van der Waals surface area contributed by atoms with Gasteiger partial charge in [-0.15, -0.1) is 0 Å². The fourth-order valence-electron chi connectivity index (χ4n) is 6.40. The van der Waals surface area contributed by atoms with Gasteiger partial charge in [-0.25, -0.2) is 9.97 Å². The molecular formula is C33H17N5. The molecule has 4 aromatic heterocycles. The van der Waals surface area contributed by atoms with Crippen LogP contribution in [0.25, 0.3) is 76.8 Å². The van der Waals surface area contributed by atoms with Crippen molar-refractivity contribution in [1.82, 2.24) is 18.9 Å². The van der Waals surface area contributed by atoms with Crippen LogP contribution in [0.2, 0.25) is 0 Å². The Hall–Kier alpha value is -5.47. The van der Waals surface area contributed by atoms with E-state index in [0.29, 0.717) is 17.0 Å². The van der Waals surface area contributed by atoms with E-state index in [-0.39, 0.29) is 0 Å². The Bertz CT molecular complexity index is 2470. The maximum atomic E-state index is 10.2. The van der Waals surface area contributed by atoms with Crippen LogP contribution in [0.5, 0.6) is 0 Å². The number of para-hydroxylation sites is 5. The van der Waals surface area contributed by atoms with Crippen LogP contribution in [0.4, 0.5) is 0 Å². The lowest BCUT2D eigenvalue weighted by molar-refractivity contribution is 1.06. The van der Waals surface area contributed by atoms with E-state index in [0.717, 1.165) is 27.3 Å². The maximum absolute atomic E-state index is 10.2. The van der Waals surface area contributed by atoms with Gasteiger partial charge in [0, 0.05) is 32.3 Å². The molecule has 38 heavy (non-hydrogen) atoms. The van der Waals surface area contributed by atoms with Gasteiger partial charge in [0.15, 0.2) is 11.5 Å². The highest BCUT2D eigenvalue weighted by atomic mass is 15.1. The van der Waals surface area contributed by atoms with Gasteiger partial charge in [0.2, 0.25) is 0 Å². The summed E-state index contributed by atoms with van der Waals surface area (Å²) in [6.07, 6.45) is 0. The van der Waals surface area contributed by atoms with E-state index in [4.69, 9.17) is 9.97 Å². The zero-order chi connectivity index (χ0) is 25.0. The molecule has 5 heteroatoms. The Labute approximate surface area is 215 Å². The second-order valence-electron chi connectivity index (χ2n) is 9.76. The van der Waals surface area contributed by atoms with Crippen LogP contribution in [0.15, 0.2) is 103 Å². The molecule has 0 spiro atoms. The minimum Gasteiger partial charge on any atom is -0.308 e. The summed E-state index contributed by atoms with van der Waals surface area (Å²) in [4.78, 5) is 9.75. The number of fused-ring (bicyclic) bond motifs is 11. The van der Waals surface area contributed by atoms with Crippen LogP contribution in [-0.2, 0) is 0 Å². The molecule has 4 heterocycles. The monoisotopic (exact) mass is 483 g/mol. The first kappa shape index (κ1) is 19.7. The molecule has 0 aliphatic rings. The second kappa shape index (κ2) is 6.84. The summed E-state index contributed by atoms with van der Waals surface area (Å²) in [5.74, 6) is 0.556. The second-order valence-corrected chi connectivity index (χ2v) is 9.76. The van der Waals surface area contributed by atoms with Crippen molar-refractivity contribution in [3.8, 4) is 11.9 Å². The van der Waals surface area contributed by atoms with Crippen LogP contribution in [0, 0.1) is 11.3 Å². The summed E-state index contributed by atoms with van der Waals surface area (Å²) in [7, 11) is 0. The molecular weight excluding hydrogens is 466 g/mol. The lowest BCUT2D eigenvalue weighted by Crippen LogP contribution is -2.04. The van der Waals surface area contributed by atoms with Gasteiger partial charge in [0.05, 0.1) is 38.6 Å². The largest absolute Gasteiger partial charge is 0.308 e. The van der Waals surface area contributed by atoms with E-state index in [2.05, 4.69) is 87.8 Å². The van der Waals surface area contributed by atoms with E-state index in [9.17, 15) is 5.26 Å². The number of hydrogen-bond acceptors (Lipinski definition) is 3. The molecule has 0 saturated heterocycles.